The maximum absolute atomic E-state index is 4.08. The highest BCUT2D eigenvalue weighted by Gasteiger charge is 1.86. The first-order valence-electron chi connectivity index (χ1n) is 18.4. The second-order valence-corrected chi connectivity index (χ2v) is 13.3. The van der Waals surface area contributed by atoms with Crippen molar-refractivity contribution in [2.75, 3.05) is 0 Å². The van der Waals surface area contributed by atoms with Crippen LogP contribution in [0.2, 0.25) is 0 Å². The van der Waals surface area contributed by atoms with Gasteiger partial charge in [-0.25, -0.2) is 19.9 Å². The average Bonchev–Trinajstić information content (AvgIpc) is 3.18. The van der Waals surface area contributed by atoms with Crippen molar-refractivity contribution in [2.45, 2.75) is 96.9 Å². The summed E-state index contributed by atoms with van der Waals surface area (Å²) in [7, 11) is 0. The summed E-state index contributed by atoms with van der Waals surface area (Å²) in [6.07, 6.45) is 14.5. The maximum atomic E-state index is 4.08. The first-order chi connectivity index (χ1) is 26.5. The lowest BCUT2D eigenvalue weighted by Gasteiger charge is -1.90. The molecule has 0 fully saturated rings. The zero-order chi connectivity index (χ0) is 41.9. The standard InChI is InChI=1S/C8H10.2C7H9N.4C6H8N2/c1-7-3-5-8(2)6-4-7;2*1-6-3-4-7(2)8-5-6;1-5-3-8-6(2)4-7-5;2*1-5-3-7-6(2)8-4-5;1-5-3-4-6(2)8-7-5/h3-6H,1-2H3;2*3-5H,1-2H3;4*3-4H,1-2H3. The first-order valence-corrected chi connectivity index (χ1v) is 18.4. The van der Waals surface area contributed by atoms with Crippen LogP contribution in [0.15, 0.2) is 110 Å². The highest BCUT2D eigenvalue weighted by atomic mass is 15.1. The second-order valence-electron chi connectivity index (χ2n) is 13.3. The molecule has 0 radical (unpaired) electrons. The van der Waals surface area contributed by atoms with Crippen LogP contribution in [0.3, 0.4) is 0 Å². The van der Waals surface area contributed by atoms with Gasteiger partial charge >= 0.3 is 0 Å². The van der Waals surface area contributed by atoms with Gasteiger partial charge in [0.05, 0.1) is 22.8 Å². The molecule has 0 bridgehead atoms. The van der Waals surface area contributed by atoms with E-state index in [1.54, 1.807) is 12.4 Å². The number of hydrogen-bond donors (Lipinski definition) is 0. The lowest BCUT2D eigenvalue weighted by atomic mass is 10.2. The quantitative estimate of drug-likeness (QED) is 0.148. The number of aryl methyl sites for hydroxylation is 14. The number of rotatable bonds is 0. The molecule has 6 heterocycles. The number of nitrogens with zero attached hydrogens (tertiary/aromatic N) is 10. The Morgan fingerprint density at radius 2 is 0.464 bits per heavy atom. The highest BCUT2D eigenvalue weighted by molar-refractivity contribution is 5.19. The SMILES string of the molecule is Cc1ccc(C)cc1.Cc1ccc(C)nc1.Cc1ccc(C)nc1.Cc1ccc(C)nn1.Cc1cnc(C)cn1.Cc1cnc(C)nc1.Cc1cnc(C)nc1. The molecule has 0 saturated carbocycles. The predicted molar refractivity (Wildman–Crippen MR) is 229 cm³/mol. The molecule has 1 aromatic carbocycles. The van der Waals surface area contributed by atoms with E-state index in [4.69, 9.17) is 0 Å². The third-order valence-corrected chi connectivity index (χ3v) is 7.00. The fourth-order valence-corrected chi connectivity index (χ4v) is 3.56. The molecule has 7 aromatic rings. The van der Waals surface area contributed by atoms with Gasteiger partial charge in [0.25, 0.3) is 0 Å². The normalized spacial score (nSPS) is 9.25. The minimum atomic E-state index is 0.829. The molecule has 56 heavy (non-hydrogen) atoms. The Bertz CT molecular complexity index is 1440. The monoisotopic (exact) mass is 753 g/mol. The molecule has 7 rings (SSSR count). The lowest BCUT2D eigenvalue weighted by Crippen LogP contribution is -1.86. The minimum absolute atomic E-state index is 0.829. The summed E-state index contributed by atoms with van der Waals surface area (Å²) < 4.78 is 0. The van der Waals surface area contributed by atoms with Gasteiger partial charge in [-0.2, -0.15) is 10.2 Å². The van der Waals surface area contributed by atoms with E-state index >= 15 is 0 Å². The summed E-state index contributed by atoms with van der Waals surface area (Å²) in [5.74, 6) is 1.66. The molecular formula is C46H60N10. The van der Waals surface area contributed by atoms with Gasteiger partial charge in [-0.05, 0) is 143 Å². The van der Waals surface area contributed by atoms with E-state index < -0.39 is 0 Å². The molecule has 6 aromatic heterocycles. The summed E-state index contributed by atoms with van der Waals surface area (Å²) in [6, 6.07) is 20.5. The van der Waals surface area contributed by atoms with E-state index in [2.05, 4.69) is 100 Å². The maximum Gasteiger partial charge on any atom is 0.125 e. The molecule has 0 N–H and O–H groups in total. The minimum Gasteiger partial charge on any atom is -0.261 e. The van der Waals surface area contributed by atoms with Crippen LogP contribution >= 0.6 is 0 Å². The average molecular weight is 753 g/mol. The van der Waals surface area contributed by atoms with E-state index in [9.17, 15) is 0 Å². The van der Waals surface area contributed by atoms with Crippen molar-refractivity contribution in [1.82, 2.24) is 50.1 Å². The molecule has 10 heteroatoms. The van der Waals surface area contributed by atoms with Gasteiger partial charge in [0.15, 0.2) is 0 Å². The Morgan fingerprint density at radius 1 is 0.214 bits per heavy atom. The summed E-state index contributed by atoms with van der Waals surface area (Å²) in [5.41, 5.74) is 13.3. The third-order valence-electron chi connectivity index (χ3n) is 7.00. The lowest BCUT2D eigenvalue weighted by molar-refractivity contribution is 0.941. The van der Waals surface area contributed by atoms with Crippen molar-refractivity contribution in [3.05, 3.63) is 189 Å². The van der Waals surface area contributed by atoms with E-state index in [1.807, 2.05) is 145 Å². The van der Waals surface area contributed by atoms with Gasteiger partial charge in [0.2, 0.25) is 0 Å². The van der Waals surface area contributed by atoms with Crippen molar-refractivity contribution in [2.24, 2.45) is 0 Å². The number of pyridine rings is 2. The van der Waals surface area contributed by atoms with Crippen LogP contribution < -0.4 is 0 Å². The number of benzene rings is 1. The van der Waals surface area contributed by atoms with Gasteiger partial charge in [0, 0.05) is 61.0 Å². The summed E-state index contributed by atoms with van der Waals surface area (Å²) in [5, 5.41) is 7.66. The zero-order valence-corrected chi connectivity index (χ0v) is 35.9. The van der Waals surface area contributed by atoms with E-state index in [-0.39, 0.29) is 0 Å². The Labute approximate surface area is 335 Å². The van der Waals surface area contributed by atoms with Gasteiger partial charge in [-0.15, -0.1) is 0 Å². The summed E-state index contributed by atoms with van der Waals surface area (Å²) in [4.78, 5) is 32.1. The molecule has 0 spiro atoms. The zero-order valence-electron chi connectivity index (χ0n) is 35.9. The molecule has 0 aliphatic heterocycles. The topological polar surface area (TPSA) is 129 Å². The van der Waals surface area contributed by atoms with Crippen LogP contribution in [0.5, 0.6) is 0 Å². The van der Waals surface area contributed by atoms with Gasteiger partial charge in [-0.1, -0.05) is 47.5 Å². The summed E-state index contributed by atoms with van der Waals surface area (Å²) in [6.45, 7) is 27.6. The van der Waals surface area contributed by atoms with Gasteiger partial charge < -0.3 is 0 Å². The molecule has 0 atom stereocenters. The number of hydrogen-bond acceptors (Lipinski definition) is 10. The third kappa shape index (κ3) is 25.8. The Balaban J connectivity index is 0.000000327. The number of aromatic nitrogens is 10. The van der Waals surface area contributed by atoms with Crippen LogP contribution in [0.1, 0.15) is 79.2 Å². The Morgan fingerprint density at radius 3 is 0.679 bits per heavy atom. The first kappa shape index (κ1) is 47.9. The Hall–Kier alpha value is -6.16. The molecule has 294 valence electrons. The molecule has 0 aliphatic rings. The molecule has 10 nitrogen and oxygen atoms in total. The molecule has 0 unspecified atom stereocenters. The van der Waals surface area contributed by atoms with Crippen LogP contribution in [0.4, 0.5) is 0 Å². The smallest absolute Gasteiger partial charge is 0.125 e. The van der Waals surface area contributed by atoms with Gasteiger partial charge in [0.1, 0.15) is 11.6 Å². The van der Waals surface area contributed by atoms with Crippen molar-refractivity contribution in [3.8, 4) is 0 Å². The van der Waals surface area contributed by atoms with E-state index in [0.29, 0.717) is 0 Å². The van der Waals surface area contributed by atoms with Crippen LogP contribution in [-0.4, -0.2) is 50.1 Å². The van der Waals surface area contributed by atoms with Crippen LogP contribution in [-0.2, 0) is 0 Å². The molecule has 0 aliphatic carbocycles. The second kappa shape index (κ2) is 27.4. The highest BCUT2D eigenvalue weighted by Crippen LogP contribution is 2.00. The van der Waals surface area contributed by atoms with Gasteiger partial charge in [-0.3, -0.25) is 19.9 Å². The predicted octanol–water partition coefficient (Wildman–Crippen LogP) is 10.1. The van der Waals surface area contributed by atoms with E-state index in [1.165, 1.54) is 22.3 Å². The molecule has 0 amide bonds. The van der Waals surface area contributed by atoms with Crippen molar-refractivity contribution in [1.29, 1.82) is 0 Å². The Kier molecular flexibility index (Phi) is 23.4. The van der Waals surface area contributed by atoms with E-state index in [0.717, 1.165) is 56.9 Å². The summed E-state index contributed by atoms with van der Waals surface area (Å²) >= 11 is 0. The van der Waals surface area contributed by atoms with Crippen LogP contribution in [0, 0.1) is 96.9 Å². The fourth-order valence-electron chi connectivity index (χ4n) is 3.56. The molecular weight excluding hydrogens is 693 g/mol. The van der Waals surface area contributed by atoms with Crippen molar-refractivity contribution < 1.29 is 0 Å². The fraction of sp³-hybridized carbons (Fsp3) is 0.304. The molecule has 0 saturated heterocycles. The van der Waals surface area contributed by atoms with Crippen LogP contribution in [0.25, 0.3) is 0 Å². The van der Waals surface area contributed by atoms with Crippen molar-refractivity contribution >= 4 is 0 Å². The largest absolute Gasteiger partial charge is 0.261 e. The van der Waals surface area contributed by atoms with Crippen molar-refractivity contribution in [3.63, 3.8) is 0 Å².